The maximum atomic E-state index is 13.7. The lowest BCUT2D eigenvalue weighted by Crippen LogP contribution is -2.51. The highest BCUT2D eigenvalue weighted by Crippen LogP contribution is 2.49. The minimum Gasteiger partial charge on any atom is -0.493 e. The van der Waals surface area contributed by atoms with Crippen molar-refractivity contribution in [1.82, 2.24) is 10.2 Å². The number of ether oxygens (including phenoxy) is 2. The summed E-state index contributed by atoms with van der Waals surface area (Å²) in [7, 11) is 2.99. The van der Waals surface area contributed by atoms with Crippen LogP contribution in [0.1, 0.15) is 77.9 Å². The van der Waals surface area contributed by atoms with Gasteiger partial charge in [0.2, 0.25) is 5.91 Å². The number of hydrogen-bond acceptors (Lipinski definition) is 5. The van der Waals surface area contributed by atoms with Gasteiger partial charge in [0, 0.05) is 12.1 Å². The third kappa shape index (κ3) is 4.57. The molecule has 2 heterocycles. The smallest absolute Gasteiger partial charge is 0.264 e. The molecule has 0 bridgehead atoms. The number of methoxy groups -OCH3 is 2. The summed E-state index contributed by atoms with van der Waals surface area (Å²) in [6.45, 7) is 2.61. The van der Waals surface area contributed by atoms with Crippen LogP contribution in [0.2, 0.25) is 0 Å². The molecule has 1 N–H and O–H groups in total. The number of carbonyl (C=O) groups is 3. The number of benzene rings is 2. The van der Waals surface area contributed by atoms with Gasteiger partial charge in [0.25, 0.3) is 11.8 Å². The first kappa shape index (κ1) is 24.6. The van der Waals surface area contributed by atoms with Crippen molar-refractivity contribution in [2.24, 2.45) is 0 Å². The van der Waals surface area contributed by atoms with E-state index in [-0.39, 0.29) is 24.3 Å². The number of unbranched alkanes of at least 4 members (excludes halogenated alkanes) is 5. The molecule has 0 radical (unpaired) electrons. The highest BCUT2D eigenvalue weighted by atomic mass is 16.5. The quantitative estimate of drug-likeness (QED) is 0.486. The van der Waals surface area contributed by atoms with Crippen LogP contribution in [0.4, 0.5) is 5.69 Å². The molecule has 2 aromatic carbocycles. The standard InChI is InChI=1S/C27H33N3O5/c1-4-5-6-7-8-11-16-28-22(31)17-29-25-19-14-15-21(34-2)24(35-3)23(19)27(33)30(25)20-13-10-9-12-18(20)26(29)32/h9-10,12-15,25H,4-8,11,16-17H2,1-3H3,(H,28,31). The lowest BCUT2D eigenvalue weighted by molar-refractivity contribution is -0.122. The molecule has 0 fully saturated rings. The molecule has 2 aromatic rings. The van der Waals surface area contributed by atoms with Crippen LogP contribution < -0.4 is 19.7 Å². The fourth-order valence-corrected chi connectivity index (χ4v) is 4.93. The Kier molecular flexibility index (Phi) is 7.58. The van der Waals surface area contributed by atoms with Crippen LogP contribution in [-0.2, 0) is 4.79 Å². The molecule has 186 valence electrons. The number of carbonyl (C=O) groups excluding carboxylic acids is 3. The molecule has 0 saturated heterocycles. The average Bonchev–Trinajstić information content (AvgIpc) is 3.17. The Bertz CT molecular complexity index is 1120. The molecule has 4 rings (SSSR count). The maximum absolute atomic E-state index is 13.7. The number of rotatable bonds is 11. The Hall–Kier alpha value is -3.55. The lowest BCUT2D eigenvalue weighted by Gasteiger charge is -2.40. The van der Waals surface area contributed by atoms with E-state index in [1.54, 1.807) is 41.3 Å². The molecule has 2 aliphatic heterocycles. The Balaban J connectivity index is 1.59. The van der Waals surface area contributed by atoms with Crippen molar-refractivity contribution in [3.63, 3.8) is 0 Å². The van der Waals surface area contributed by atoms with Gasteiger partial charge >= 0.3 is 0 Å². The number of nitrogens with one attached hydrogen (secondary N) is 1. The second-order valence-corrected chi connectivity index (χ2v) is 8.88. The summed E-state index contributed by atoms with van der Waals surface area (Å²) >= 11 is 0. The second kappa shape index (κ2) is 10.8. The van der Waals surface area contributed by atoms with Gasteiger partial charge in [0.1, 0.15) is 12.7 Å². The zero-order chi connectivity index (χ0) is 24.9. The fourth-order valence-electron chi connectivity index (χ4n) is 4.93. The molecule has 8 heteroatoms. The average molecular weight is 480 g/mol. The van der Waals surface area contributed by atoms with Crippen LogP contribution >= 0.6 is 0 Å². The Morgan fingerprint density at radius 2 is 1.69 bits per heavy atom. The van der Waals surface area contributed by atoms with Crippen molar-refractivity contribution in [2.75, 3.05) is 32.2 Å². The first-order valence-corrected chi connectivity index (χ1v) is 12.3. The van der Waals surface area contributed by atoms with E-state index in [0.717, 1.165) is 19.3 Å². The molecule has 0 spiro atoms. The number of anilines is 1. The van der Waals surface area contributed by atoms with Crippen LogP contribution in [0.25, 0.3) is 0 Å². The second-order valence-electron chi connectivity index (χ2n) is 8.88. The summed E-state index contributed by atoms with van der Waals surface area (Å²) in [4.78, 5) is 43.1. The summed E-state index contributed by atoms with van der Waals surface area (Å²) in [6.07, 6.45) is 6.04. The molecule has 2 aliphatic rings. The van der Waals surface area contributed by atoms with E-state index in [2.05, 4.69) is 12.2 Å². The van der Waals surface area contributed by atoms with Crippen LogP contribution in [0.3, 0.4) is 0 Å². The number of para-hydroxylation sites is 1. The van der Waals surface area contributed by atoms with E-state index in [9.17, 15) is 14.4 Å². The molecule has 35 heavy (non-hydrogen) atoms. The van der Waals surface area contributed by atoms with Gasteiger partial charge in [0.05, 0.1) is 31.0 Å². The SMILES string of the molecule is CCCCCCCCNC(=O)CN1C(=O)c2ccccc2N2C(=O)c3c(ccc(OC)c3OC)C12. The van der Waals surface area contributed by atoms with Crippen molar-refractivity contribution in [1.29, 1.82) is 0 Å². The maximum Gasteiger partial charge on any atom is 0.264 e. The molecular formula is C27H33N3O5. The van der Waals surface area contributed by atoms with Gasteiger partial charge in [-0.2, -0.15) is 0 Å². The predicted octanol–water partition coefficient (Wildman–Crippen LogP) is 4.30. The van der Waals surface area contributed by atoms with Gasteiger partial charge in [-0.3, -0.25) is 19.3 Å². The van der Waals surface area contributed by atoms with Gasteiger partial charge in [-0.05, 0) is 24.6 Å². The highest BCUT2D eigenvalue weighted by Gasteiger charge is 2.50. The topological polar surface area (TPSA) is 88.2 Å². The van der Waals surface area contributed by atoms with Gasteiger partial charge in [-0.15, -0.1) is 0 Å². The Morgan fingerprint density at radius 3 is 2.43 bits per heavy atom. The fraction of sp³-hybridized carbons (Fsp3) is 0.444. The van der Waals surface area contributed by atoms with Crippen molar-refractivity contribution < 1.29 is 23.9 Å². The Morgan fingerprint density at radius 1 is 0.943 bits per heavy atom. The first-order valence-electron chi connectivity index (χ1n) is 12.3. The van der Waals surface area contributed by atoms with Crippen molar-refractivity contribution >= 4 is 23.4 Å². The van der Waals surface area contributed by atoms with E-state index >= 15 is 0 Å². The summed E-state index contributed by atoms with van der Waals surface area (Å²) in [6, 6.07) is 10.5. The molecule has 1 unspecified atom stereocenters. The minimum absolute atomic E-state index is 0.148. The third-order valence-corrected chi connectivity index (χ3v) is 6.65. The molecule has 0 saturated carbocycles. The predicted molar refractivity (Wildman–Crippen MR) is 133 cm³/mol. The summed E-state index contributed by atoms with van der Waals surface area (Å²) in [5.41, 5.74) is 1.87. The molecular weight excluding hydrogens is 446 g/mol. The van der Waals surface area contributed by atoms with Gasteiger partial charge in [-0.25, -0.2) is 0 Å². The van der Waals surface area contributed by atoms with E-state index in [0.29, 0.717) is 40.4 Å². The van der Waals surface area contributed by atoms with E-state index in [1.165, 1.54) is 38.4 Å². The summed E-state index contributed by atoms with van der Waals surface area (Å²) < 4.78 is 10.9. The number of amides is 3. The van der Waals surface area contributed by atoms with E-state index in [4.69, 9.17) is 9.47 Å². The zero-order valence-electron chi connectivity index (χ0n) is 20.6. The van der Waals surface area contributed by atoms with Gasteiger partial charge in [-0.1, -0.05) is 57.2 Å². The monoisotopic (exact) mass is 479 g/mol. The first-order chi connectivity index (χ1) is 17.0. The third-order valence-electron chi connectivity index (χ3n) is 6.65. The van der Waals surface area contributed by atoms with Crippen LogP contribution in [-0.4, -0.2) is 49.9 Å². The molecule has 3 amide bonds. The number of hydrogen-bond donors (Lipinski definition) is 1. The van der Waals surface area contributed by atoms with Crippen LogP contribution in [0.15, 0.2) is 36.4 Å². The number of fused-ring (bicyclic) bond motifs is 5. The van der Waals surface area contributed by atoms with E-state index in [1.807, 2.05) is 0 Å². The summed E-state index contributed by atoms with van der Waals surface area (Å²) in [5, 5.41) is 2.94. The highest BCUT2D eigenvalue weighted by molar-refractivity contribution is 6.18. The van der Waals surface area contributed by atoms with Crippen LogP contribution in [0, 0.1) is 0 Å². The van der Waals surface area contributed by atoms with Gasteiger partial charge < -0.3 is 19.7 Å². The van der Waals surface area contributed by atoms with Crippen molar-refractivity contribution in [2.45, 2.75) is 51.6 Å². The zero-order valence-corrected chi connectivity index (χ0v) is 20.6. The molecule has 0 aliphatic carbocycles. The van der Waals surface area contributed by atoms with Crippen molar-refractivity contribution in [3.05, 3.63) is 53.1 Å². The van der Waals surface area contributed by atoms with Crippen LogP contribution in [0.5, 0.6) is 11.5 Å². The van der Waals surface area contributed by atoms with Crippen molar-refractivity contribution in [3.8, 4) is 11.5 Å². The lowest BCUT2D eigenvalue weighted by atomic mass is 10.0. The van der Waals surface area contributed by atoms with Gasteiger partial charge in [0.15, 0.2) is 11.5 Å². The summed E-state index contributed by atoms with van der Waals surface area (Å²) in [5.74, 6) is -0.0677. The Labute approximate surface area is 206 Å². The molecule has 8 nitrogen and oxygen atoms in total. The number of nitrogens with zero attached hydrogens (tertiary/aromatic N) is 2. The molecule has 1 atom stereocenters. The molecule has 0 aromatic heterocycles. The normalized spacial score (nSPS) is 16.0. The largest absolute Gasteiger partial charge is 0.493 e. The van der Waals surface area contributed by atoms with E-state index < -0.39 is 6.17 Å². The minimum atomic E-state index is -0.737.